The van der Waals surface area contributed by atoms with E-state index in [1.807, 2.05) is 38.2 Å². The molecule has 5 heteroatoms. The number of rotatable bonds is 1. The van der Waals surface area contributed by atoms with Crippen LogP contribution < -0.4 is 0 Å². The average molecular weight is 260 g/mol. The Hall–Kier alpha value is -2.04. The molecule has 0 saturated carbocycles. The second-order valence-electron chi connectivity index (χ2n) is 4.99. The molecule has 1 amide bonds. The predicted octanol–water partition coefficient (Wildman–Crippen LogP) is 1.38. The van der Waals surface area contributed by atoms with Gasteiger partial charge in [0.2, 0.25) is 0 Å². The van der Waals surface area contributed by atoms with E-state index in [4.69, 9.17) is 0 Å². The summed E-state index contributed by atoms with van der Waals surface area (Å²) in [6.45, 7) is 2.08. The number of amidine groups is 1. The van der Waals surface area contributed by atoms with Crippen LogP contribution in [0.3, 0.4) is 0 Å². The molecule has 102 valence electrons. The zero-order chi connectivity index (χ0) is 14.2. The monoisotopic (exact) mass is 260 g/mol. The van der Waals surface area contributed by atoms with Crippen molar-refractivity contribution in [2.24, 2.45) is 5.10 Å². The van der Waals surface area contributed by atoms with Crippen LogP contribution in [0.5, 0.6) is 0 Å². The Kier molecular flexibility index (Phi) is 3.46. The lowest BCUT2D eigenvalue weighted by atomic mass is 10.2. The van der Waals surface area contributed by atoms with Crippen LogP contribution >= 0.6 is 0 Å². The summed E-state index contributed by atoms with van der Waals surface area (Å²) >= 11 is 0. The topological polar surface area (TPSA) is 39.2 Å². The van der Waals surface area contributed by atoms with Crippen molar-refractivity contribution in [3.05, 3.63) is 35.2 Å². The van der Waals surface area contributed by atoms with Gasteiger partial charge in [-0.1, -0.05) is 6.08 Å². The van der Waals surface area contributed by atoms with Crippen LogP contribution in [0.1, 0.15) is 13.3 Å². The molecule has 0 bridgehead atoms. The highest BCUT2D eigenvalue weighted by atomic mass is 16.2. The molecule has 0 radical (unpaired) electrons. The summed E-state index contributed by atoms with van der Waals surface area (Å²) in [7, 11) is 7.49. The van der Waals surface area contributed by atoms with Crippen LogP contribution in [0.25, 0.3) is 0 Å². The molecule has 2 aliphatic heterocycles. The van der Waals surface area contributed by atoms with Crippen LogP contribution in [0.2, 0.25) is 0 Å². The van der Waals surface area contributed by atoms with Crippen molar-refractivity contribution in [3.8, 4) is 0 Å². The first kappa shape index (κ1) is 13.4. The lowest BCUT2D eigenvalue weighted by molar-refractivity contribution is -0.124. The highest BCUT2D eigenvalue weighted by molar-refractivity contribution is 6.23. The highest BCUT2D eigenvalue weighted by Gasteiger charge is 2.28. The summed E-state index contributed by atoms with van der Waals surface area (Å²) in [5.74, 6) is 0.639. The lowest BCUT2D eigenvalue weighted by Crippen LogP contribution is -2.24. The Bertz CT molecular complexity index is 526. The fraction of sp³-hybridized carbons (Fsp3) is 0.429. The first-order valence-corrected chi connectivity index (χ1v) is 6.27. The van der Waals surface area contributed by atoms with Gasteiger partial charge in [0.1, 0.15) is 0 Å². The van der Waals surface area contributed by atoms with E-state index in [1.54, 1.807) is 7.05 Å². The molecule has 0 N–H and O–H groups in total. The third-order valence-electron chi connectivity index (χ3n) is 3.44. The minimum absolute atomic E-state index is 0.0640. The molecule has 0 fully saturated rings. The van der Waals surface area contributed by atoms with Crippen molar-refractivity contribution in [2.75, 3.05) is 28.2 Å². The smallest absolute Gasteiger partial charge is 0.277 e. The number of nitrogens with zero attached hydrogens (tertiary/aromatic N) is 4. The number of carbonyl (C=O) groups is 1. The molecule has 0 aromatic heterocycles. The number of likely N-dealkylation sites (N-methyl/N-ethyl adjacent to an activating group) is 2. The highest BCUT2D eigenvalue weighted by Crippen LogP contribution is 2.23. The molecule has 0 unspecified atom stereocenters. The molecule has 0 aromatic rings. The fourth-order valence-electron chi connectivity index (χ4n) is 2.10. The SMILES string of the molecule is CC1=CC/C(=C/C=C2/C(=O)N(C)N=C2N(C)C)N1C. The van der Waals surface area contributed by atoms with Crippen molar-refractivity contribution >= 4 is 11.7 Å². The van der Waals surface area contributed by atoms with Gasteiger partial charge in [-0.2, -0.15) is 5.10 Å². The standard InChI is InChI=1S/C14H20N4O/c1-10-6-7-11(17(10)4)8-9-12-13(16(2)3)15-18(5)14(12)19/h6,8-9H,7H2,1-5H3/b11-8-,12-9+. The molecule has 0 saturated heterocycles. The Morgan fingerprint density at radius 2 is 2.00 bits per heavy atom. The van der Waals surface area contributed by atoms with Gasteiger partial charge in [0, 0.05) is 46.0 Å². The minimum Gasteiger partial charge on any atom is -0.361 e. The van der Waals surface area contributed by atoms with E-state index in [2.05, 4.69) is 23.0 Å². The summed E-state index contributed by atoms with van der Waals surface area (Å²) in [6.07, 6.45) is 6.94. The average Bonchev–Trinajstić information content (AvgIpc) is 2.82. The third kappa shape index (κ3) is 2.41. The van der Waals surface area contributed by atoms with Crippen LogP contribution in [-0.4, -0.2) is 54.7 Å². The molecule has 0 aromatic carbocycles. The van der Waals surface area contributed by atoms with E-state index >= 15 is 0 Å². The van der Waals surface area contributed by atoms with Crippen LogP contribution in [0, 0.1) is 0 Å². The molecule has 19 heavy (non-hydrogen) atoms. The number of hydrogen-bond donors (Lipinski definition) is 0. The summed E-state index contributed by atoms with van der Waals surface area (Å²) in [4.78, 5) is 16.0. The Balaban J connectivity index is 2.26. The van der Waals surface area contributed by atoms with Crippen molar-refractivity contribution in [3.63, 3.8) is 0 Å². The van der Waals surface area contributed by atoms with Gasteiger partial charge < -0.3 is 9.80 Å². The Labute approximate surface area is 114 Å². The number of hydrogen-bond acceptors (Lipinski definition) is 4. The maximum absolute atomic E-state index is 12.0. The molecular weight excluding hydrogens is 240 g/mol. The van der Waals surface area contributed by atoms with E-state index < -0.39 is 0 Å². The summed E-state index contributed by atoms with van der Waals surface area (Å²) in [6, 6.07) is 0. The molecule has 0 atom stereocenters. The van der Waals surface area contributed by atoms with E-state index in [-0.39, 0.29) is 5.91 Å². The fourth-order valence-corrected chi connectivity index (χ4v) is 2.10. The minimum atomic E-state index is -0.0640. The maximum atomic E-state index is 12.0. The zero-order valence-corrected chi connectivity index (χ0v) is 12.1. The third-order valence-corrected chi connectivity index (χ3v) is 3.44. The maximum Gasteiger partial charge on any atom is 0.277 e. The van der Waals surface area contributed by atoms with Gasteiger partial charge in [0.25, 0.3) is 5.91 Å². The van der Waals surface area contributed by atoms with Crippen molar-refractivity contribution in [1.29, 1.82) is 0 Å². The van der Waals surface area contributed by atoms with Crippen LogP contribution in [-0.2, 0) is 4.79 Å². The van der Waals surface area contributed by atoms with Crippen LogP contribution in [0.15, 0.2) is 40.3 Å². The lowest BCUT2D eigenvalue weighted by Gasteiger charge is -2.15. The molecule has 2 rings (SSSR count). The van der Waals surface area contributed by atoms with Gasteiger partial charge in [0.15, 0.2) is 5.84 Å². The van der Waals surface area contributed by atoms with Gasteiger partial charge in [-0.3, -0.25) is 4.79 Å². The normalized spacial score (nSPS) is 23.5. The molecule has 2 aliphatic rings. The zero-order valence-electron chi connectivity index (χ0n) is 12.1. The number of amides is 1. The van der Waals surface area contributed by atoms with Crippen molar-refractivity contribution < 1.29 is 4.79 Å². The summed E-state index contributed by atoms with van der Waals surface area (Å²) in [5, 5.41) is 5.61. The Morgan fingerprint density at radius 1 is 1.32 bits per heavy atom. The van der Waals surface area contributed by atoms with E-state index in [1.165, 1.54) is 16.4 Å². The van der Waals surface area contributed by atoms with Crippen molar-refractivity contribution in [2.45, 2.75) is 13.3 Å². The van der Waals surface area contributed by atoms with Gasteiger partial charge in [-0.25, -0.2) is 5.01 Å². The van der Waals surface area contributed by atoms with Gasteiger partial charge in [-0.05, 0) is 19.1 Å². The largest absolute Gasteiger partial charge is 0.361 e. The molecule has 0 aliphatic carbocycles. The quantitative estimate of drug-likeness (QED) is 0.669. The first-order chi connectivity index (χ1) is 8.91. The Morgan fingerprint density at radius 3 is 2.53 bits per heavy atom. The van der Waals surface area contributed by atoms with E-state index in [0.29, 0.717) is 11.4 Å². The van der Waals surface area contributed by atoms with Gasteiger partial charge >= 0.3 is 0 Å². The predicted molar refractivity (Wildman–Crippen MR) is 76.2 cm³/mol. The first-order valence-electron chi connectivity index (χ1n) is 6.27. The summed E-state index contributed by atoms with van der Waals surface area (Å²) < 4.78 is 0. The van der Waals surface area contributed by atoms with Gasteiger partial charge in [0.05, 0.1) is 5.57 Å². The second-order valence-corrected chi connectivity index (χ2v) is 4.99. The van der Waals surface area contributed by atoms with E-state index in [0.717, 1.165) is 6.42 Å². The molecule has 0 spiro atoms. The molecule has 5 nitrogen and oxygen atoms in total. The van der Waals surface area contributed by atoms with Crippen molar-refractivity contribution in [1.82, 2.24) is 14.8 Å². The molecule has 2 heterocycles. The number of hydrazone groups is 1. The van der Waals surface area contributed by atoms with E-state index in [9.17, 15) is 4.79 Å². The number of allylic oxidation sites excluding steroid dienone is 4. The van der Waals surface area contributed by atoms with Crippen LogP contribution in [0.4, 0.5) is 0 Å². The van der Waals surface area contributed by atoms with Gasteiger partial charge in [-0.15, -0.1) is 0 Å². The second kappa shape index (κ2) is 4.91. The summed E-state index contributed by atoms with van der Waals surface area (Å²) in [5.41, 5.74) is 3.06. The number of carbonyl (C=O) groups excluding carboxylic acids is 1. The molecular formula is C14H20N4O.